The zero-order valence-electron chi connectivity index (χ0n) is 17.3. The van der Waals surface area contributed by atoms with Crippen LogP contribution in [0.15, 0.2) is 10.4 Å². The number of hydrogen-bond donors (Lipinski definition) is 2. The fraction of sp³-hybridized carbons (Fsp3) is 0.722. The van der Waals surface area contributed by atoms with Crippen molar-refractivity contribution in [1.29, 1.82) is 0 Å². The van der Waals surface area contributed by atoms with Gasteiger partial charge in [0.2, 0.25) is 0 Å². The molecule has 0 atom stereocenters. The molecule has 0 spiro atoms. The molecule has 0 radical (unpaired) electrons. The van der Waals surface area contributed by atoms with E-state index < -0.39 is 5.60 Å². The van der Waals surface area contributed by atoms with Crippen molar-refractivity contribution in [2.45, 2.75) is 65.1 Å². The smallest absolute Gasteiger partial charge is 0.410 e. The number of nitrogens with zero attached hydrogens (tertiary/aromatic N) is 3. The first-order valence-electron chi connectivity index (χ1n) is 8.88. The van der Waals surface area contributed by atoms with E-state index in [9.17, 15) is 4.79 Å². The van der Waals surface area contributed by atoms with E-state index in [2.05, 4.69) is 46.8 Å². The lowest BCUT2D eigenvalue weighted by Crippen LogP contribution is -2.63. The van der Waals surface area contributed by atoms with Crippen molar-refractivity contribution in [3.05, 3.63) is 16.1 Å². The first kappa shape index (κ1) is 23.9. The van der Waals surface area contributed by atoms with E-state index in [1.165, 1.54) is 0 Å². The Hall–Kier alpha value is -1.10. The highest BCUT2D eigenvalue weighted by molar-refractivity contribution is 14.0. The minimum Gasteiger partial charge on any atom is -0.444 e. The summed E-state index contributed by atoms with van der Waals surface area (Å²) in [5.74, 6) is 0.712. The summed E-state index contributed by atoms with van der Waals surface area (Å²) in [6.45, 7) is 13.9. The second kappa shape index (κ2) is 9.40. The van der Waals surface area contributed by atoms with Crippen molar-refractivity contribution < 1.29 is 9.53 Å². The van der Waals surface area contributed by atoms with Crippen LogP contribution in [0.25, 0.3) is 0 Å². The maximum absolute atomic E-state index is 12.0. The number of thiazole rings is 1. The van der Waals surface area contributed by atoms with E-state index in [1.54, 1.807) is 23.3 Å². The third-order valence-corrected chi connectivity index (χ3v) is 5.04. The Balaban J connectivity index is 0.00000364. The quantitative estimate of drug-likeness (QED) is 0.371. The monoisotopic (exact) mass is 509 g/mol. The molecule has 7 nitrogen and oxygen atoms in total. The molecule has 1 amide bonds. The molecule has 154 valence electrons. The Morgan fingerprint density at radius 1 is 1.33 bits per heavy atom. The summed E-state index contributed by atoms with van der Waals surface area (Å²) >= 11 is 1.68. The number of ether oxygens (including phenoxy) is 1. The number of amides is 1. The molecule has 1 aromatic heterocycles. The molecular formula is C18H32IN5O2S. The van der Waals surface area contributed by atoms with Crippen molar-refractivity contribution in [2.75, 3.05) is 20.1 Å². The molecule has 9 heteroatoms. The normalized spacial score (nSPS) is 15.7. The molecule has 0 bridgehead atoms. The number of aliphatic imine (C=N–C) groups is 1. The number of aromatic nitrogens is 1. The number of carbonyl (C=O) groups is 1. The number of guanidine groups is 1. The van der Waals surface area contributed by atoms with Gasteiger partial charge in [-0.15, -0.1) is 35.3 Å². The highest BCUT2D eigenvalue weighted by Gasteiger charge is 2.34. The Labute approximate surface area is 183 Å². The van der Waals surface area contributed by atoms with Crippen LogP contribution in [0.5, 0.6) is 0 Å². The predicted octanol–water partition coefficient (Wildman–Crippen LogP) is 3.34. The van der Waals surface area contributed by atoms with Crippen LogP contribution >= 0.6 is 35.3 Å². The number of carbonyl (C=O) groups excluding carboxylic acids is 1. The molecule has 1 aliphatic heterocycles. The van der Waals surface area contributed by atoms with E-state index in [-0.39, 0.29) is 41.5 Å². The number of nitrogens with one attached hydrogen (secondary N) is 2. The Bertz CT molecular complexity index is 657. The van der Waals surface area contributed by atoms with Gasteiger partial charge >= 0.3 is 6.09 Å². The van der Waals surface area contributed by atoms with E-state index in [0.717, 1.165) is 10.7 Å². The standard InChI is InChI=1S/C18H31N5O2S.HI/c1-17(2,3)14-21-12(11-26-14)8-20-15(19-7)22-13-9-23(10-13)16(24)25-18(4,5)6;/h11,13H,8-10H2,1-7H3,(H2,19,20,22);1H. The number of halogens is 1. The van der Waals surface area contributed by atoms with Crippen LogP contribution in [0.1, 0.15) is 52.2 Å². The summed E-state index contributed by atoms with van der Waals surface area (Å²) in [5.41, 5.74) is 0.610. The largest absolute Gasteiger partial charge is 0.444 e. The fourth-order valence-corrected chi connectivity index (χ4v) is 3.25. The maximum Gasteiger partial charge on any atom is 0.410 e. The highest BCUT2D eigenvalue weighted by atomic mass is 127. The molecular weight excluding hydrogens is 477 g/mol. The summed E-state index contributed by atoms with van der Waals surface area (Å²) < 4.78 is 5.36. The van der Waals surface area contributed by atoms with Crippen molar-refractivity contribution in [3.8, 4) is 0 Å². The topological polar surface area (TPSA) is 78.9 Å². The summed E-state index contributed by atoms with van der Waals surface area (Å²) in [5, 5.41) is 9.81. The van der Waals surface area contributed by atoms with Crippen molar-refractivity contribution >= 4 is 47.4 Å². The third-order valence-electron chi connectivity index (χ3n) is 3.73. The summed E-state index contributed by atoms with van der Waals surface area (Å²) in [6.07, 6.45) is -0.268. The van der Waals surface area contributed by atoms with Gasteiger partial charge in [0.25, 0.3) is 0 Å². The lowest BCUT2D eigenvalue weighted by atomic mass is 9.98. The number of rotatable bonds is 3. The van der Waals surface area contributed by atoms with Gasteiger partial charge in [-0.2, -0.15) is 0 Å². The average molecular weight is 509 g/mol. The van der Waals surface area contributed by atoms with Crippen LogP contribution in [0, 0.1) is 0 Å². The van der Waals surface area contributed by atoms with Gasteiger partial charge in [0.05, 0.1) is 23.3 Å². The zero-order valence-corrected chi connectivity index (χ0v) is 20.4. The Morgan fingerprint density at radius 2 is 1.96 bits per heavy atom. The average Bonchev–Trinajstić information content (AvgIpc) is 2.92. The lowest BCUT2D eigenvalue weighted by Gasteiger charge is -2.40. The highest BCUT2D eigenvalue weighted by Crippen LogP contribution is 2.25. The molecule has 1 fully saturated rings. The van der Waals surface area contributed by atoms with Crippen LogP contribution in [0.4, 0.5) is 4.79 Å². The molecule has 2 heterocycles. The Kier molecular flexibility index (Phi) is 8.33. The molecule has 1 saturated heterocycles. The molecule has 27 heavy (non-hydrogen) atoms. The van der Waals surface area contributed by atoms with Crippen molar-refractivity contribution in [2.24, 2.45) is 4.99 Å². The molecule has 0 saturated carbocycles. The summed E-state index contributed by atoms with van der Waals surface area (Å²) in [6, 6.07) is 0.175. The van der Waals surface area contributed by atoms with E-state index >= 15 is 0 Å². The molecule has 0 aromatic carbocycles. The summed E-state index contributed by atoms with van der Waals surface area (Å²) in [4.78, 5) is 22.6. The van der Waals surface area contributed by atoms with Gasteiger partial charge in [-0.25, -0.2) is 9.78 Å². The minimum absolute atomic E-state index is 0. The van der Waals surface area contributed by atoms with Crippen molar-refractivity contribution in [3.63, 3.8) is 0 Å². The number of hydrogen-bond acceptors (Lipinski definition) is 5. The molecule has 2 N–H and O–H groups in total. The maximum atomic E-state index is 12.0. The molecule has 2 rings (SSSR count). The zero-order chi connectivity index (χ0) is 19.5. The van der Waals surface area contributed by atoms with Gasteiger partial charge in [-0.3, -0.25) is 4.99 Å². The van der Waals surface area contributed by atoms with E-state index in [0.29, 0.717) is 25.6 Å². The van der Waals surface area contributed by atoms with Gasteiger partial charge in [0.1, 0.15) is 5.60 Å². The van der Waals surface area contributed by atoms with Gasteiger partial charge in [-0.05, 0) is 20.8 Å². The molecule has 0 unspecified atom stereocenters. The van der Waals surface area contributed by atoms with Crippen molar-refractivity contribution in [1.82, 2.24) is 20.5 Å². The second-order valence-electron chi connectivity index (χ2n) is 8.55. The second-order valence-corrected chi connectivity index (χ2v) is 9.40. The van der Waals surface area contributed by atoms with Gasteiger partial charge < -0.3 is 20.3 Å². The lowest BCUT2D eigenvalue weighted by molar-refractivity contribution is 0.00701. The van der Waals surface area contributed by atoms with Gasteiger partial charge in [0.15, 0.2) is 5.96 Å². The third kappa shape index (κ3) is 7.44. The van der Waals surface area contributed by atoms with E-state index in [1.807, 2.05) is 20.8 Å². The van der Waals surface area contributed by atoms with Gasteiger partial charge in [-0.1, -0.05) is 20.8 Å². The fourth-order valence-electron chi connectivity index (χ4n) is 2.34. The molecule has 0 aliphatic carbocycles. The SMILES string of the molecule is CN=C(NCc1csc(C(C)(C)C)n1)NC1CN(C(=O)OC(C)(C)C)C1.I. The van der Waals surface area contributed by atoms with Gasteiger partial charge in [0, 0.05) is 30.9 Å². The molecule has 1 aromatic rings. The Morgan fingerprint density at radius 3 is 2.44 bits per heavy atom. The van der Waals surface area contributed by atoms with Crippen LogP contribution in [-0.2, 0) is 16.7 Å². The first-order chi connectivity index (χ1) is 12.0. The van der Waals surface area contributed by atoms with Crippen LogP contribution in [0.3, 0.4) is 0 Å². The minimum atomic E-state index is -0.466. The molecule has 1 aliphatic rings. The number of likely N-dealkylation sites (tertiary alicyclic amines) is 1. The van der Waals surface area contributed by atoms with E-state index in [4.69, 9.17) is 4.74 Å². The first-order valence-corrected chi connectivity index (χ1v) is 9.76. The predicted molar refractivity (Wildman–Crippen MR) is 121 cm³/mol. The van der Waals surface area contributed by atoms with Crippen LogP contribution < -0.4 is 10.6 Å². The van der Waals surface area contributed by atoms with Crippen LogP contribution in [-0.4, -0.2) is 53.7 Å². The summed E-state index contributed by atoms with van der Waals surface area (Å²) in [7, 11) is 1.74. The van der Waals surface area contributed by atoms with Crippen LogP contribution in [0.2, 0.25) is 0 Å².